The lowest BCUT2D eigenvalue weighted by atomic mass is 10.0. The normalized spacial score (nSPS) is 13.9. The summed E-state index contributed by atoms with van der Waals surface area (Å²) in [5.74, 6) is 0.814. The topological polar surface area (TPSA) is 75.7 Å². The zero-order chi connectivity index (χ0) is 21.0. The van der Waals surface area contributed by atoms with Gasteiger partial charge in [0.1, 0.15) is 5.75 Å². The predicted octanol–water partition coefficient (Wildman–Crippen LogP) is 4.27. The van der Waals surface area contributed by atoms with Gasteiger partial charge in [-0.1, -0.05) is 13.8 Å². The van der Waals surface area contributed by atoms with Gasteiger partial charge >= 0.3 is 0 Å². The molecule has 2 aromatic carbocycles. The molecule has 1 aliphatic rings. The number of carbonyl (C=O) groups is 1. The van der Waals surface area contributed by atoms with E-state index in [1.54, 1.807) is 29.2 Å². The number of fused-ring (bicyclic) bond motifs is 1. The molecular weight excluding hydrogens is 388 g/mol. The summed E-state index contributed by atoms with van der Waals surface area (Å²) in [6.07, 6.45) is 2.83. The first-order valence-corrected chi connectivity index (χ1v) is 11.5. The smallest absolute Gasteiger partial charge is 0.261 e. The molecule has 2 aromatic rings. The number of nitrogens with zero attached hydrogens (tertiary/aromatic N) is 1. The number of carbonyl (C=O) groups excluding carboxylic acids is 1. The molecule has 1 N–H and O–H groups in total. The van der Waals surface area contributed by atoms with Gasteiger partial charge in [-0.25, -0.2) is 8.42 Å². The molecule has 0 bridgehead atoms. The molecular formula is C22H28N2O4S. The SMILES string of the molecule is CCCOc1ccc(S(=O)(=O)Nc2ccc3c(c2)CCC(=O)N3CCC)cc1C. The van der Waals surface area contributed by atoms with Crippen LogP contribution in [-0.4, -0.2) is 27.5 Å². The zero-order valence-corrected chi connectivity index (χ0v) is 18.0. The lowest BCUT2D eigenvalue weighted by molar-refractivity contribution is -0.118. The molecule has 0 radical (unpaired) electrons. The highest BCUT2D eigenvalue weighted by Gasteiger charge is 2.24. The fourth-order valence-electron chi connectivity index (χ4n) is 3.47. The van der Waals surface area contributed by atoms with Gasteiger partial charge in [0.2, 0.25) is 5.91 Å². The van der Waals surface area contributed by atoms with Crippen LogP contribution in [0, 0.1) is 6.92 Å². The van der Waals surface area contributed by atoms with E-state index in [4.69, 9.17) is 4.74 Å². The van der Waals surface area contributed by atoms with Gasteiger partial charge in [-0.3, -0.25) is 9.52 Å². The summed E-state index contributed by atoms with van der Waals surface area (Å²) in [7, 11) is -3.72. The summed E-state index contributed by atoms with van der Waals surface area (Å²) >= 11 is 0. The molecule has 0 spiro atoms. The van der Waals surface area contributed by atoms with E-state index in [1.807, 2.05) is 32.9 Å². The molecule has 0 saturated heterocycles. The second kappa shape index (κ2) is 8.86. The third-order valence-corrected chi connectivity index (χ3v) is 6.28. The van der Waals surface area contributed by atoms with E-state index in [0.29, 0.717) is 37.4 Å². The van der Waals surface area contributed by atoms with E-state index in [-0.39, 0.29) is 10.8 Å². The Morgan fingerprint density at radius 2 is 1.86 bits per heavy atom. The number of sulfonamides is 1. The van der Waals surface area contributed by atoms with Gasteiger partial charge in [0, 0.05) is 24.3 Å². The summed E-state index contributed by atoms with van der Waals surface area (Å²) in [4.78, 5) is 14.2. The third-order valence-electron chi connectivity index (χ3n) is 4.90. The number of hydrogen-bond donors (Lipinski definition) is 1. The molecule has 156 valence electrons. The maximum Gasteiger partial charge on any atom is 0.261 e. The molecule has 1 amide bonds. The predicted molar refractivity (Wildman–Crippen MR) is 115 cm³/mol. The van der Waals surface area contributed by atoms with Gasteiger partial charge in [0.05, 0.1) is 11.5 Å². The molecule has 3 rings (SSSR count). The Morgan fingerprint density at radius 3 is 2.55 bits per heavy atom. The molecule has 0 saturated carbocycles. The summed E-state index contributed by atoms with van der Waals surface area (Å²) in [5.41, 5.74) is 3.14. The molecule has 1 aliphatic heterocycles. The lowest BCUT2D eigenvalue weighted by Crippen LogP contribution is -2.35. The minimum absolute atomic E-state index is 0.119. The Labute approximate surface area is 172 Å². The van der Waals surface area contributed by atoms with Gasteiger partial charge in [-0.2, -0.15) is 0 Å². The molecule has 6 nitrogen and oxygen atoms in total. The Bertz CT molecular complexity index is 1000. The van der Waals surface area contributed by atoms with E-state index in [0.717, 1.165) is 29.7 Å². The van der Waals surface area contributed by atoms with Crippen LogP contribution in [0.5, 0.6) is 5.75 Å². The number of hydrogen-bond acceptors (Lipinski definition) is 4. The van der Waals surface area contributed by atoms with Crippen LogP contribution in [0.25, 0.3) is 0 Å². The third kappa shape index (κ3) is 4.72. The zero-order valence-electron chi connectivity index (χ0n) is 17.2. The largest absolute Gasteiger partial charge is 0.493 e. The van der Waals surface area contributed by atoms with Crippen molar-refractivity contribution >= 4 is 27.3 Å². The van der Waals surface area contributed by atoms with Crippen LogP contribution in [0.2, 0.25) is 0 Å². The van der Waals surface area contributed by atoms with E-state index in [1.165, 1.54) is 0 Å². The molecule has 29 heavy (non-hydrogen) atoms. The quantitative estimate of drug-likeness (QED) is 0.697. The van der Waals surface area contributed by atoms with Crippen LogP contribution in [0.3, 0.4) is 0 Å². The first-order chi connectivity index (χ1) is 13.9. The standard InChI is InChI=1S/C22H28N2O4S/c1-4-12-24-20-9-7-18(15-17(20)6-11-22(24)25)23-29(26,27)19-8-10-21(16(3)14-19)28-13-5-2/h7-10,14-15,23H,4-6,11-13H2,1-3H3. The minimum Gasteiger partial charge on any atom is -0.493 e. The van der Waals surface area contributed by atoms with Crippen molar-refractivity contribution in [3.8, 4) is 5.75 Å². The molecule has 0 unspecified atom stereocenters. The second-order valence-corrected chi connectivity index (χ2v) is 8.95. The van der Waals surface area contributed by atoms with Crippen LogP contribution in [0.1, 0.15) is 44.2 Å². The van der Waals surface area contributed by atoms with Crippen molar-refractivity contribution in [3.05, 3.63) is 47.5 Å². The maximum atomic E-state index is 12.8. The monoisotopic (exact) mass is 416 g/mol. The molecule has 0 atom stereocenters. The maximum absolute atomic E-state index is 12.8. The van der Waals surface area contributed by atoms with Crippen LogP contribution >= 0.6 is 0 Å². The first kappa shape index (κ1) is 21.2. The summed E-state index contributed by atoms with van der Waals surface area (Å²) in [5, 5.41) is 0. The van der Waals surface area contributed by atoms with Gasteiger partial charge in [0.15, 0.2) is 0 Å². The Morgan fingerprint density at radius 1 is 1.07 bits per heavy atom. The fourth-order valence-corrected chi connectivity index (χ4v) is 4.60. The van der Waals surface area contributed by atoms with Crippen molar-refractivity contribution in [1.29, 1.82) is 0 Å². The minimum atomic E-state index is -3.72. The van der Waals surface area contributed by atoms with Crippen molar-refractivity contribution in [2.45, 2.75) is 51.3 Å². The van der Waals surface area contributed by atoms with Crippen LogP contribution in [0.4, 0.5) is 11.4 Å². The number of aryl methyl sites for hydroxylation is 2. The van der Waals surface area contributed by atoms with Crippen LogP contribution in [0.15, 0.2) is 41.3 Å². The summed E-state index contributed by atoms with van der Waals surface area (Å²) < 4.78 is 34.0. The number of anilines is 2. The number of rotatable bonds is 8. The average Bonchev–Trinajstić information content (AvgIpc) is 2.69. The number of ether oxygens (including phenoxy) is 1. The molecule has 0 aliphatic carbocycles. The highest BCUT2D eigenvalue weighted by molar-refractivity contribution is 7.92. The highest BCUT2D eigenvalue weighted by atomic mass is 32.2. The number of benzene rings is 2. The molecule has 1 heterocycles. The van der Waals surface area contributed by atoms with E-state index in [9.17, 15) is 13.2 Å². The van der Waals surface area contributed by atoms with Gasteiger partial charge in [0.25, 0.3) is 10.0 Å². The average molecular weight is 417 g/mol. The van der Waals surface area contributed by atoms with E-state index in [2.05, 4.69) is 4.72 Å². The highest BCUT2D eigenvalue weighted by Crippen LogP contribution is 2.31. The van der Waals surface area contributed by atoms with Crippen LogP contribution in [-0.2, 0) is 21.2 Å². The molecule has 0 fully saturated rings. The Hall–Kier alpha value is -2.54. The number of nitrogens with one attached hydrogen (secondary N) is 1. The second-order valence-electron chi connectivity index (χ2n) is 7.27. The molecule has 0 aromatic heterocycles. The van der Waals surface area contributed by atoms with Crippen molar-refractivity contribution < 1.29 is 17.9 Å². The number of amides is 1. The van der Waals surface area contributed by atoms with Gasteiger partial charge < -0.3 is 9.64 Å². The van der Waals surface area contributed by atoms with Gasteiger partial charge in [-0.05, 0) is 73.7 Å². The summed E-state index contributed by atoms with van der Waals surface area (Å²) in [6.45, 7) is 7.15. The van der Waals surface area contributed by atoms with Crippen molar-refractivity contribution in [2.75, 3.05) is 22.8 Å². The Kier molecular flexibility index (Phi) is 6.47. The van der Waals surface area contributed by atoms with Gasteiger partial charge in [-0.15, -0.1) is 0 Å². The first-order valence-electron chi connectivity index (χ1n) is 10.0. The lowest BCUT2D eigenvalue weighted by Gasteiger charge is -2.29. The molecule has 7 heteroatoms. The van der Waals surface area contributed by atoms with E-state index < -0.39 is 10.0 Å². The Balaban J connectivity index is 1.82. The fraction of sp³-hybridized carbons (Fsp3) is 0.409. The summed E-state index contributed by atoms with van der Waals surface area (Å²) in [6, 6.07) is 10.2. The van der Waals surface area contributed by atoms with Crippen molar-refractivity contribution in [3.63, 3.8) is 0 Å². The van der Waals surface area contributed by atoms with Crippen molar-refractivity contribution in [1.82, 2.24) is 0 Å². The van der Waals surface area contributed by atoms with Crippen molar-refractivity contribution in [2.24, 2.45) is 0 Å². The van der Waals surface area contributed by atoms with Crippen LogP contribution < -0.4 is 14.4 Å². The van der Waals surface area contributed by atoms with E-state index >= 15 is 0 Å².